The van der Waals surface area contributed by atoms with Crippen LogP contribution in [0, 0.1) is 11.6 Å². The van der Waals surface area contributed by atoms with Crippen molar-refractivity contribution in [2.45, 2.75) is 20.1 Å². The normalized spacial score (nSPS) is 10.5. The summed E-state index contributed by atoms with van der Waals surface area (Å²) in [6, 6.07) is 8.69. The number of hydrogen-bond acceptors (Lipinski definition) is 3. The Morgan fingerprint density at radius 2 is 1.67 bits per heavy atom. The van der Waals surface area contributed by atoms with Crippen molar-refractivity contribution >= 4 is 0 Å². The molecule has 0 aliphatic carbocycles. The number of benzene rings is 2. The van der Waals surface area contributed by atoms with E-state index in [9.17, 15) is 13.9 Å². The molecule has 21 heavy (non-hydrogen) atoms. The van der Waals surface area contributed by atoms with Crippen LogP contribution in [0.1, 0.15) is 18.1 Å². The molecule has 0 atom stereocenters. The lowest BCUT2D eigenvalue weighted by Crippen LogP contribution is -2.05. The molecule has 0 radical (unpaired) electrons. The highest BCUT2D eigenvalue weighted by Crippen LogP contribution is 2.32. The summed E-state index contributed by atoms with van der Waals surface area (Å²) >= 11 is 0. The van der Waals surface area contributed by atoms with Crippen LogP contribution < -0.4 is 9.47 Å². The van der Waals surface area contributed by atoms with E-state index in [-0.39, 0.29) is 18.8 Å². The van der Waals surface area contributed by atoms with Crippen LogP contribution in [0.5, 0.6) is 11.5 Å². The molecule has 0 aliphatic heterocycles. The van der Waals surface area contributed by atoms with Gasteiger partial charge in [-0.2, -0.15) is 0 Å². The summed E-state index contributed by atoms with van der Waals surface area (Å²) in [5, 5.41) is 9.33. The second-order valence-electron chi connectivity index (χ2n) is 4.32. The molecule has 0 spiro atoms. The van der Waals surface area contributed by atoms with Crippen LogP contribution in [0.3, 0.4) is 0 Å². The van der Waals surface area contributed by atoms with Crippen LogP contribution in [0.25, 0.3) is 0 Å². The Morgan fingerprint density at radius 1 is 1.00 bits per heavy atom. The second-order valence-corrected chi connectivity index (χ2v) is 4.32. The summed E-state index contributed by atoms with van der Waals surface area (Å²) in [6.07, 6.45) is 0. The van der Waals surface area contributed by atoms with Gasteiger partial charge in [-0.25, -0.2) is 8.78 Å². The summed E-state index contributed by atoms with van der Waals surface area (Å²) in [6.45, 7) is 1.69. The lowest BCUT2D eigenvalue weighted by atomic mass is 10.2. The van der Waals surface area contributed by atoms with Crippen LogP contribution >= 0.6 is 0 Å². The second kappa shape index (κ2) is 7.04. The van der Waals surface area contributed by atoms with Gasteiger partial charge in [-0.3, -0.25) is 0 Å². The molecule has 112 valence electrons. The van der Waals surface area contributed by atoms with E-state index in [1.54, 1.807) is 18.2 Å². The van der Waals surface area contributed by atoms with Crippen molar-refractivity contribution < 1.29 is 23.4 Å². The van der Waals surface area contributed by atoms with Gasteiger partial charge in [-0.1, -0.05) is 18.2 Å². The predicted molar refractivity (Wildman–Crippen MR) is 74.2 cm³/mol. The molecule has 3 nitrogen and oxygen atoms in total. The van der Waals surface area contributed by atoms with Gasteiger partial charge < -0.3 is 14.6 Å². The van der Waals surface area contributed by atoms with E-state index >= 15 is 0 Å². The van der Waals surface area contributed by atoms with Crippen molar-refractivity contribution in [2.24, 2.45) is 0 Å². The van der Waals surface area contributed by atoms with E-state index in [2.05, 4.69) is 0 Å². The molecule has 2 aromatic rings. The molecule has 0 aromatic heterocycles. The van der Waals surface area contributed by atoms with Gasteiger partial charge in [-0.15, -0.1) is 0 Å². The summed E-state index contributed by atoms with van der Waals surface area (Å²) < 4.78 is 38.1. The third-order valence-electron chi connectivity index (χ3n) is 2.95. The van der Waals surface area contributed by atoms with E-state index in [1.165, 1.54) is 18.2 Å². The number of para-hydroxylation sites is 1. The molecule has 2 aromatic carbocycles. The smallest absolute Gasteiger partial charge is 0.167 e. The van der Waals surface area contributed by atoms with Gasteiger partial charge in [-0.05, 0) is 25.1 Å². The molecule has 0 bridgehead atoms. The average Bonchev–Trinajstić information content (AvgIpc) is 2.48. The number of aliphatic hydroxyl groups excluding tert-OH is 1. The Morgan fingerprint density at radius 3 is 2.29 bits per heavy atom. The first-order valence-corrected chi connectivity index (χ1v) is 6.58. The summed E-state index contributed by atoms with van der Waals surface area (Å²) in [5.41, 5.74) is 0.338. The average molecular weight is 294 g/mol. The number of aliphatic hydroxyl groups is 1. The van der Waals surface area contributed by atoms with Crippen LogP contribution in [0.15, 0.2) is 36.4 Å². The Labute approximate surface area is 121 Å². The van der Waals surface area contributed by atoms with Gasteiger partial charge in [0, 0.05) is 5.56 Å². The topological polar surface area (TPSA) is 38.7 Å². The van der Waals surface area contributed by atoms with E-state index in [1.807, 2.05) is 6.92 Å². The van der Waals surface area contributed by atoms with Crippen LogP contribution in [-0.4, -0.2) is 11.7 Å². The Kier molecular flexibility index (Phi) is 5.11. The lowest BCUT2D eigenvalue weighted by Gasteiger charge is -2.15. The van der Waals surface area contributed by atoms with Crippen molar-refractivity contribution in [1.29, 1.82) is 0 Å². The third kappa shape index (κ3) is 3.49. The quantitative estimate of drug-likeness (QED) is 0.887. The van der Waals surface area contributed by atoms with Crippen molar-refractivity contribution in [3.8, 4) is 11.5 Å². The third-order valence-corrected chi connectivity index (χ3v) is 2.95. The molecule has 2 rings (SSSR count). The molecule has 0 heterocycles. The number of halogens is 2. The highest BCUT2D eigenvalue weighted by molar-refractivity contribution is 5.46. The summed E-state index contributed by atoms with van der Waals surface area (Å²) in [7, 11) is 0. The maximum Gasteiger partial charge on any atom is 0.167 e. The lowest BCUT2D eigenvalue weighted by molar-refractivity contribution is 0.239. The first-order chi connectivity index (χ1) is 10.2. The SMILES string of the molecule is CCOc1cccc(CO)c1OCc1c(F)cccc1F. The fourth-order valence-electron chi connectivity index (χ4n) is 1.93. The van der Waals surface area contributed by atoms with Gasteiger partial charge in [0.1, 0.15) is 18.2 Å². The molecule has 5 heteroatoms. The minimum atomic E-state index is -0.672. The maximum absolute atomic E-state index is 13.6. The molecule has 0 aliphatic rings. The highest BCUT2D eigenvalue weighted by atomic mass is 19.1. The monoisotopic (exact) mass is 294 g/mol. The zero-order valence-corrected chi connectivity index (χ0v) is 11.6. The zero-order chi connectivity index (χ0) is 15.2. The first-order valence-electron chi connectivity index (χ1n) is 6.58. The van der Waals surface area contributed by atoms with Crippen LogP contribution in [0.4, 0.5) is 8.78 Å². The van der Waals surface area contributed by atoms with Gasteiger partial charge >= 0.3 is 0 Å². The fraction of sp³-hybridized carbons (Fsp3) is 0.250. The zero-order valence-electron chi connectivity index (χ0n) is 11.6. The van der Waals surface area contributed by atoms with E-state index in [0.29, 0.717) is 23.7 Å². The molecule has 0 amide bonds. The standard InChI is InChI=1S/C16H16F2O3/c1-2-20-15-8-3-5-11(9-19)16(15)21-10-12-13(17)6-4-7-14(12)18/h3-8,19H,2,9-10H2,1H3. The van der Waals surface area contributed by atoms with Crippen molar-refractivity contribution in [1.82, 2.24) is 0 Å². The number of ether oxygens (including phenoxy) is 2. The van der Waals surface area contributed by atoms with Gasteiger partial charge in [0.05, 0.1) is 18.8 Å². The van der Waals surface area contributed by atoms with Gasteiger partial charge in [0.25, 0.3) is 0 Å². The van der Waals surface area contributed by atoms with Crippen LogP contribution in [0.2, 0.25) is 0 Å². The minimum absolute atomic E-state index is 0.160. The summed E-state index contributed by atoms with van der Waals surface area (Å²) in [4.78, 5) is 0. The van der Waals surface area contributed by atoms with Crippen molar-refractivity contribution in [3.63, 3.8) is 0 Å². The Hall–Kier alpha value is -2.14. The van der Waals surface area contributed by atoms with E-state index in [0.717, 1.165) is 0 Å². The minimum Gasteiger partial charge on any atom is -0.490 e. The van der Waals surface area contributed by atoms with Crippen molar-refractivity contribution in [2.75, 3.05) is 6.61 Å². The Bertz CT molecular complexity index is 594. The van der Waals surface area contributed by atoms with Gasteiger partial charge in [0.2, 0.25) is 0 Å². The molecular weight excluding hydrogens is 278 g/mol. The fourth-order valence-corrected chi connectivity index (χ4v) is 1.93. The number of hydrogen-bond donors (Lipinski definition) is 1. The summed E-state index contributed by atoms with van der Waals surface area (Å²) in [5.74, 6) is -0.617. The first kappa shape index (κ1) is 15.3. The maximum atomic E-state index is 13.6. The van der Waals surface area contributed by atoms with E-state index in [4.69, 9.17) is 9.47 Å². The largest absolute Gasteiger partial charge is 0.490 e. The molecule has 1 N–H and O–H groups in total. The van der Waals surface area contributed by atoms with Crippen LogP contribution in [-0.2, 0) is 13.2 Å². The molecule has 0 saturated heterocycles. The molecular formula is C16H16F2O3. The van der Waals surface area contributed by atoms with Gasteiger partial charge in [0.15, 0.2) is 11.5 Å². The molecule has 0 saturated carbocycles. The molecule has 0 unspecified atom stereocenters. The highest BCUT2D eigenvalue weighted by Gasteiger charge is 2.14. The number of rotatable bonds is 6. The molecule has 0 fully saturated rings. The van der Waals surface area contributed by atoms with E-state index < -0.39 is 11.6 Å². The Balaban J connectivity index is 2.27. The van der Waals surface area contributed by atoms with Crippen molar-refractivity contribution in [3.05, 3.63) is 59.2 Å². The predicted octanol–water partition coefficient (Wildman–Crippen LogP) is 3.43.